The molecule has 1 N–H and O–H groups in total. The number of halogens is 3. The summed E-state index contributed by atoms with van der Waals surface area (Å²) in [6.45, 7) is 1.01. The van der Waals surface area contributed by atoms with Crippen molar-refractivity contribution in [1.82, 2.24) is 10.2 Å². The molecule has 1 aliphatic heterocycles. The first kappa shape index (κ1) is 15.1. The van der Waals surface area contributed by atoms with Crippen molar-refractivity contribution in [2.24, 2.45) is 0 Å². The minimum absolute atomic E-state index is 0.244. The summed E-state index contributed by atoms with van der Waals surface area (Å²) in [5, 5.41) is 3.57. The van der Waals surface area contributed by atoms with Gasteiger partial charge in [-0.3, -0.25) is 0 Å². The van der Waals surface area contributed by atoms with E-state index in [0.717, 1.165) is 38.8 Å². The Morgan fingerprint density at radius 3 is 2.63 bits per heavy atom. The van der Waals surface area contributed by atoms with Crippen LogP contribution in [0.4, 0.5) is 13.2 Å². The van der Waals surface area contributed by atoms with Crippen molar-refractivity contribution in [3.05, 3.63) is 0 Å². The van der Waals surface area contributed by atoms with Crippen molar-refractivity contribution in [3.8, 4) is 0 Å². The Bertz CT molecular complexity index is 286. The molecule has 2 rings (SSSR count). The highest BCUT2D eigenvalue weighted by Crippen LogP contribution is 2.25. The van der Waals surface area contributed by atoms with Crippen molar-refractivity contribution in [1.29, 1.82) is 0 Å². The maximum Gasteiger partial charge on any atom is 0.411 e. The Kier molecular flexibility index (Phi) is 5.09. The fourth-order valence-corrected chi connectivity index (χ4v) is 3.06. The van der Waals surface area contributed by atoms with Crippen LogP contribution in [0.25, 0.3) is 0 Å². The summed E-state index contributed by atoms with van der Waals surface area (Å²) >= 11 is 0. The smallest absolute Gasteiger partial charge is 0.369 e. The van der Waals surface area contributed by atoms with E-state index >= 15 is 0 Å². The van der Waals surface area contributed by atoms with Gasteiger partial charge in [0.05, 0.1) is 6.10 Å². The first-order valence-corrected chi connectivity index (χ1v) is 7.05. The second-order valence-electron chi connectivity index (χ2n) is 5.83. The SMILES string of the molecule is CN1CCC(NC2CCCC(OCC(F)(F)F)C2)C1. The van der Waals surface area contributed by atoms with Crippen LogP contribution in [0, 0.1) is 0 Å². The Hall–Kier alpha value is -0.330. The highest BCUT2D eigenvalue weighted by Gasteiger charge is 2.32. The van der Waals surface area contributed by atoms with Crippen LogP contribution >= 0.6 is 0 Å². The van der Waals surface area contributed by atoms with Gasteiger partial charge in [0, 0.05) is 18.6 Å². The number of nitrogens with zero attached hydrogens (tertiary/aromatic N) is 1. The van der Waals surface area contributed by atoms with Gasteiger partial charge in [-0.15, -0.1) is 0 Å². The van der Waals surface area contributed by atoms with Crippen LogP contribution in [-0.4, -0.2) is 56.0 Å². The summed E-state index contributed by atoms with van der Waals surface area (Å²) in [6.07, 6.45) is 0.117. The van der Waals surface area contributed by atoms with E-state index in [0.29, 0.717) is 18.5 Å². The minimum atomic E-state index is -4.21. The lowest BCUT2D eigenvalue weighted by Gasteiger charge is -2.32. The van der Waals surface area contributed by atoms with Gasteiger partial charge < -0.3 is 15.0 Å². The lowest BCUT2D eigenvalue weighted by Crippen LogP contribution is -2.44. The Morgan fingerprint density at radius 1 is 1.21 bits per heavy atom. The predicted molar refractivity (Wildman–Crippen MR) is 67.1 cm³/mol. The van der Waals surface area contributed by atoms with Gasteiger partial charge in [0.2, 0.25) is 0 Å². The minimum Gasteiger partial charge on any atom is -0.369 e. The van der Waals surface area contributed by atoms with E-state index in [1.165, 1.54) is 0 Å². The Morgan fingerprint density at radius 2 is 2.00 bits per heavy atom. The van der Waals surface area contributed by atoms with Gasteiger partial charge in [-0.2, -0.15) is 13.2 Å². The quantitative estimate of drug-likeness (QED) is 0.854. The number of likely N-dealkylation sites (N-methyl/N-ethyl adjacent to an activating group) is 1. The summed E-state index contributed by atoms with van der Waals surface area (Å²) in [5.41, 5.74) is 0. The number of rotatable bonds is 4. The van der Waals surface area contributed by atoms with E-state index in [2.05, 4.69) is 17.3 Å². The van der Waals surface area contributed by atoms with Gasteiger partial charge in [0.15, 0.2) is 0 Å². The molecule has 0 radical (unpaired) electrons. The molecular formula is C13H23F3N2O. The number of hydrogen-bond acceptors (Lipinski definition) is 3. The Balaban J connectivity index is 1.71. The number of alkyl halides is 3. The standard InChI is InChI=1S/C13H23F3N2O/c1-18-6-5-11(8-18)17-10-3-2-4-12(7-10)19-9-13(14,15)16/h10-12,17H,2-9H2,1H3. The maximum absolute atomic E-state index is 12.1. The molecule has 3 nitrogen and oxygen atoms in total. The van der Waals surface area contributed by atoms with E-state index in [4.69, 9.17) is 4.74 Å². The molecule has 0 amide bonds. The third-order valence-electron chi connectivity index (χ3n) is 3.97. The predicted octanol–water partition coefficient (Wildman–Crippen LogP) is 2.17. The van der Waals surface area contributed by atoms with Crippen LogP contribution in [0.1, 0.15) is 32.1 Å². The molecule has 3 atom stereocenters. The third-order valence-corrected chi connectivity index (χ3v) is 3.97. The first-order valence-electron chi connectivity index (χ1n) is 7.05. The van der Waals surface area contributed by atoms with Crippen molar-refractivity contribution in [3.63, 3.8) is 0 Å². The zero-order valence-electron chi connectivity index (χ0n) is 11.4. The summed E-state index contributed by atoms with van der Waals surface area (Å²) in [7, 11) is 2.10. The van der Waals surface area contributed by atoms with E-state index < -0.39 is 12.8 Å². The fraction of sp³-hybridized carbons (Fsp3) is 1.00. The van der Waals surface area contributed by atoms with Gasteiger partial charge in [0.25, 0.3) is 0 Å². The molecule has 19 heavy (non-hydrogen) atoms. The molecule has 2 aliphatic rings. The maximum atomic E-state index is 12.1. The van der Waals surface area contributed by atoms with Crippen LogP contribution in [0.2, 0.25) is 0 Å². The first-order chi connectivity index (χ1) is 8.92. The average molecular weight is 280 g/mol. The molecule has 0 aromatic rings. The zero-order valence-corrected chi connectivity index (χ0v) is 11.4. The molecule has 1 saturated heterocycles. The molecule has 0 aromatic carbocycles. The topological polar surface area (TPSA) is 24.5 Å². The molecule has 0 aromatic heterocycles. The van der Waals surface area contributed by atoms with Crippen molar-refractivity contribution >= 4 is 0 Å². The third kappa shape index (κ3) is 5.28. The second-order valence-corrected chi connectivity index (χ2v) is 5.83. The molecule has 2 fully saturated rings. The van der Waals surface area contributed by atoms with Crippen LogP contribution in [0.15, 0.2) is 0 Å². The lowest BCUT2D eigenvalue weighted by atomic mass is 9.92. The number of nitrogens with one attached hydrogen (secondary N) is 1. The molecule has 0 spiro atoms. The zero-order chi connectivity index (χ0) is 13.9. The molecule has 1 heterocycles. The van der Waals surface area contributed by atoms with Crippen LogP contribution in [0.5, 0.6) is 0 Å². The number of ether oxygens (including phenoxy) is 1. The van der Waals surface area contributed by atoms with E-state index in [1.807, 2.05) is 0 Å². The largest absolute Gasteiger partial charge is 0.411 e. The normalized spacial score (nSPS) is 33.8. The lowest BCUT2D eigenvalue weighted by molar-refractivity contribution is -0.188. The fourth-order valence-electron chi connectivity index (χ4n) is 3.06. The molecule has 6 heteroatoms. The van der Waals surface area contributed by atoms with Crippen molar-refractivity contribution in [2.45, 2.75) is 56.5 Å². The van der Waals surface area contributed by atoms with E-state index in [9.17, 15) is 13.2 Å². The highest BCUT2D eigenvalue weighted by molar-refractivity contribution is 4.86. The molecular weight excluding hydrogens is 257 g/mol. The molecule has 3 unspecified atom stereocenters. The highest BCUT2D eigenvalue weighted by atomic mass is 19.4. The second kappa shape index (κ2) is 6.41. The molecule has 1 aliphatic carbocycles. The van der Waals surface area contributed by atoms with Gasteiger partial charge in [-0.05, 0) is 45.7 Å². The van der Waals surface area contributed by atoms with Gasteiger partial charge in [-0.25, -0.2) is 0 Å². The monoisotopic (exact) mass is 280 g/mol. The van der Waals surface area contributed by atoms with E-state index in [1.54, 1.807) is 0 Å². The summed E-state index contributed by atoms with van der Waals surface area (Å²) in [5.74, 6) is 0. The van der Waals surface area contributed by atoms with E-state index in [-0.39, 0.29) is 6.10 Å². The summed E-state index contributed by atoms with van der Waals surface area (Å²) in [6, 6.07) is 0.792. The van der Waals surface area contributed by atoms with Gasteiger partial charge in [0.1, 0.15) is 6.61 Å². The summed E-state index contributed by atoms with van der Waals surface area (Å²) in [4.78, 5) is 2.28. The molecule has 112 valence electrons. The number of hydrogen-bond donors (Lipinski definition) is 1. The van der Waals surface area contributed by atoms with Gasteiger partial charge >= 0.3 is 6.18 Å². The Labute approximate surface area is 112 Å². The summed E-state index contributed by atoms with van der Waals surface area (Å²) < 4.78 is 41.4. The van der Waals surface area contributed by atoms with Crippen molar-refractivity contribution in [2.75, 3.05) is 26.7 Å². The molecule has 1 saturated carbocycles. The van der Waals surface area contributed by atoms with Gasteiger partial charge in [-0.1, -0.05) is 0 Å². The molecule has 0 bridgehead atoms. The number of likely N-dealkylation sites (tertiary alicyclic amines) is 1. The van der Waals surface area contributed by atoms with Crippen LogP contribution < -0.4 is 5.32 Å². The average Bonchev–Trinajstić information content (AvgIpc) is 2.72. The van der Waals surface area contributed by atoms with Crippen LogP contribution in [0.3, 0.4) is 0 Å². The van der Waals surface area contributed by atoms with Crippen molar-refractivity contribution < 1.29 is 17.9 Å². The van der Waals surface area contributed by atoms with Crippen LogP contribution in [-0.2, 0) is 4.74 Å².